The van der Waals surface area contributed by atoms with E-state index in [0.29, 0.717) is 24.1 Å². The van der Waals surface area contributed by atoms with Crippen molar-refractivity contribution in [2.75, 3.05) is 11.9 Å². The Hall–Kier alpha value is -2.40. The lowest BCUT2D eigenvalue weighted by molar-refractivity contribution is 0.288. The fraction of sp³-hybridized carbons (Fsp3) is 0.235. The summed E-state index contributed by atoms with van der Waals surface area (Å²) in [6, 6.07) is 16.2. The molecule has 0 radical (unpaired) electrons. The Bertz CT molecular complexity index is 876. The summed E-state index contributed by atoms with van der Waals surface area (Å²) in [6.07, 6.45) is 0.479. The number of nitrogens with zero attached hydrogens (tertiary/aromatic N) is 2. The molecule has 6 nitrogen and oxygen atoms in total. The lowest BCUT2D eigenvalue weighted by Crippen LogP contribution is -2.43. The van der Waals surface area contributed by atoms with Gasteiger partial charge in [-0.1, -0.05) is 30.3 Å². The molecule has 24 heavy (non-hydrogen) atoms. The molecule has 7 heteroatoms. The molecule has 0 aliphatic carbocycles. The maximum absolute atomic E-state index is 11.9. The Labute approximate surface area is 141 Å². The monoisotopic (exact) mass is 343 g/mol. The largest absolute Gasteiger partial charge is 0.383 e. The van der Waals surface area contributed by atoms with Crippen molar-refractivity contribution in [3.8, 4) is 6.07 Å². The van der Waals surface area contributed by atoms with E-state index in [2.05, 4.69) is 5.32 Å². The molecule has 0 fully saturated rings. The molecule has 1 aliphatic rings. The first kappa shape index (κ1) is 16.5. The lowest BCUT2D eigenvalue weighted by atomic mass is 10.1. The molecule has 0 saturated heterocycles. The summed E-state index contributed by atoms with van der Waals surface area (Å²) in [7, 11) is -4.37. The second kappa shape index (κ2) is 6.61. The molecule has 0 aromatic heterocycles. The molecule has 0 amide bonds. The highest BCUT2D eigenvalue weighted by Crippen LogP contribution is 2.26. The van der Waals surface area contributed by atoms with Crippen LogP contribution in [-0.2, 0) is 23.3 Å². The van der Waals surface area contributed by atoms with Crippen LogP contribution < -0.4 is 5.32 Å². The Morgan fingerprint density at radius 2 is 2.00 bits per heavy atom. The highest BCUT2D eigenvalue weighted by Gasteiger charge is 2.31. The van der Waals surface area contributed by atoms with Crippen LogP contribution >= 0.6 is 0 Å². The van der Waals surface area contributed by atoms with Gasteiger partial charge in [0.2, 0.25) is 0 Å². The summed E-state index contributed by atoms with van der Waals surface area (Å²) in [6.45, 7) is 0.391. The fourth-order valence-electron chi connectivity index (χ4n) is 2.92. The molecule has 0 unspecified atom stereocenters. The maximum Gasteiger partial charge on any atom is 0.336 e. The van der Waals surface area contributed by atoms with Crippen LogP contribution in [0.2, 0.25) is 0 Å². The first-order chi connectivity index (χ1) is 11.5. The minimum atomic E-state index is -4.37. The van der Waals surface area contributed by atoms with E-state index in [4.69, 9.17) is 5.26 Å². The van der Waals surface area contributed by atoms with E-state index in [9.17, 15) is 13.0 Å². The lowest BCUT2D eigenvalue weighted by Gasteiger charge is -2.26. The normalized spacial score (nSPS) is 18.1. The van der Waals surface area contributed by atoms with Crippen LogP contribution in [0.3, 0.4) is 0 Å². The SMILES string of the molecule is N#Cc1ccc2c(c1)CN(S(=O)(=O)O)[C@H](Cc1ccccc1)CN2. The molecule has 0 spiro atoms. The second-order valence-electron chi connectivity index (χ2n) is 5.73. The highest BCUT2D eigenvalue weighted by molar-refractivity contribution is 7.83. The molecule has 2 N–H and O–H groups in total. The van der Waals surface area contributed by atoms with Crippen LogP contribution in [0.4, 0.5) is 5.69 Å². The van der Waals surface area contributed by atoms with Crippen molar-refractivity contribution in [1.82, 2.24) is 4.31 Å². The summed E-state index contributed by atoms with van der Waals surface area (Å²) in [5, 5.41) is 12.3. The van der Waals surface area contributed by atoms with E-state index in [1.54, 1.807) is 18.2 Å². The Morgan fingerprint density at radius 3 is 2.67 bits per heavy atom. The zero-order chi connectivity index (χ0) is 17.2. The van der Waals surface area contributed by atoms with Crippen LogP contribution in [-0.4, -0.2) is 29.9 Å². The van der Waals surface area contributed by atoms with Crippen LogP contribution in [0.1, 0.15) is 16.7 Å². The predicted octanol–water partition coefficient (Wildman–Crippen LogP) is 2.20. The fourth-order valence-corrected chi connectivity index (χ4v) is 3.75. The van der Waals surface area contributed by atoms with E-state index in [-0.39, 0.29) is 6.54 Å². The Kier molecular flexibility index (Phi) is 4.53. The number of rotatable bonds is 3. The van der Waals surface area contributed by atoms with E-state index >= 15 is 0 Å². The van der Waals surface area contributed by atoms with Crippen molar-refractivity contribution >= 4 is 16.0 Å². The van der Waals surface area contributed by atoms with E-state index in [0.717, 1.165) is 15.6 Å². The molecular formula is C17H17N3O3S. The Morgan fingerprint density at radius 1 is 1.25 bits per heavy atom. The van der Waals surface area contributed by atoms with Crippen LogP contribution in [0, 0.1) is 11.3 Å². The predicted molar refractivity (Wildman–Crippen MR) is 90.7 cm³/mol. The number of anilines is 1. The van der Waals surface area contributed by atoms with Gasteiger partial charge in [0.15, 0.2) is 0 Å². The second-order valence-corrected chi connectivity index (χ2v) is 7.10. The van der Waals surface area contributed by atoms with Gasteiger partial charge in [-0.2, -0.15) is 18.0 Å². The van der Waals surface area contributed by atoms with Crippen molar-refractivity contribution in [3.63, 3.8) is 0 Å². The van der Waals surface area contributed by atoms with E-state index in [1.165, 1.54) is 0 Å². The minimum Gasteiger partial charge on any atom is -0.383 e. The average Bonchev–Trinajstić information content (AvgIpc) is 2.75. The molecule has 2 aromatic rings. The highest BCUT2D eigenvalue weighted by atomic mass is 32.2. The van der Waals surface area contributed by atoms with Crippen LogP contribution in [0.15, 0.2) is 48.5 Å². The summed E-state index contributed by atoms with van der Waals surface area (Å²) in [4.78, 5) is 0. The van der Waals surface area contributed by atoms with Gasteiger partial charge in [0, 0.05) is 24.8 Å². The summed E-state index contributed by atoms with van der Waals surface area (Å²) in [5.41, 5.74) is 2.88. The number of fused-ring (bicyclic) bond motifs is 1. The third-order valence-corrected chi connectivity index (χ3v) is 5.13. The minimum absolute atomic E-state index is 0.0220. The van der Waals surface area contributed by atoms with Crippen LogP contribution in [0.25, 0.3) is 0 Å². The van der Waals surface area contributed by atoms with Crippen LogP contribution in [0.5, 0.6) is 0 Å². The number of hydrogen-bond donors (Lipinski definition) is 2. The molecule has 0 saturated carbocycles. The quantitative estimate of drug-likeness (QED) is 0.833. The average molecular weight is 343 g/mol. The molecule has 2 aromatic carbocycles. The first-order valence-electron chi connectivity index (χ1n) is 7.52. The molecule has 0 bridgehead atoms. The molecule has 1 aliphatic heterocycles. The zero-order valence-electron chi connectivity index (χ0n) is 12.9. The number of nitrogens with one attached hydrogen (secondary N) is 1. The van der Waals surface area contributed by atoms with Gasteiger partial charge in [0.05, 0.1) is 11.6 Å². The molecule has 3 rings (SSSR count). The van der Waals surface area contributed by atoms with Gasteiger partial charge in [0.25, 0.3) is 0 Å². The molecular weight excluding hydrogens is 326 g/mol. The number of hydrogen-bond acceptors (Lipinski definition) is 4. The molecule has 1 heterocycles. The number of nitriles is 1. The van der Waals surface area contributed by atoms with Crippen molar-refractivity contribution in [2.45, 2.75) is 19.0 Å². The van der Waals surface area contributed by atoms with E-state index in [1.807, 2.05) is 36.4 Å². The van der Waals surface area contributed by atoms with Gasteiger partial charge in [0.1, 0.15) is 0 Å². The van der Waals surface area contributed by atoms with Gasteiger partial charge in [-0.3, -0.25) is 4.55 Å². The summed E-state index contributed by atoms with van der Waals surface area (Å²) in [5.74, 6) is 0. The van der Waals surface area contributed by atoms with Crippen molar-refractivity contribution < 1.29 is 13.0 Å². The van der Waals surface area contributed by atoms with Crippen molar-refractivity contribution in [3.05, 3.63) is 65.2 Å². The van der Waals surface area contributed by atoms with Gasteiger partial charge >= 0.3 is 10.3 Å². The Balaban J connectivity index is 1.95. The molecule has 124 valence electrons. The van der Waals surface area contributed by atoms with Gasteiger partial charge in [-0.25, -0.2) is 0 Å². The van der Waals surface area contributed by atoms with Gasteiger partial charge in [-0.15, -0.1) is 0 Å². The van der Waals surface area contributed by atoms with Gasteiger partial charge < -0.3 is 5.32 Å². The maximum atomic E-state index is 11.9. The summed E-state index contributed by atoms with van der Waals surface area (Å²) >= 11 is 0. The third-order valence-electron chi connectivity index (χ3n) is 4.11. The van der Waals surface area contributed by atoms with Gasteiger partial charge in [-0.05, 0) is 35.7 Å². The number of benzene rings is 2. The topological polar surface area (TPSA) is 93.4 Å². The zero-order valence-corrected chi connectivity index (χ0v) is 13.7. The third kappa shape index (κ3) is 3.57. The van der Waals surface area contributed by atoms with Crippen molar-refractivity contribution in [1.29, 1.82) is 5.26 Å². The summed E-state index contributed by atoms with van der Waals surface area (Å²) < 4.78 is 34.5. The first-order valence-corrected chi connectivity index (χ1v) is 8.92. The van der Waals surface area contributed by atoms with E-state index < -0.39 is 16.3 Å². The smallest absolute Gasteiger partial charge is 0.336 e. The van der Waals surface area contributed by atoms with Crippen molar-refractivity contribution in [2.24, 2.45) is 0 Å². The molecule has 1 atom stereocenters. The standard InChI is InChI=1S/C17H17N3O3S/c18-10-14-6-7-17-15(8-14)12-20(24(21,22)23)16(11-19-17)9-13-4-2-1-3-5-13/h1-8,16,19H,9,11-12H2,(H,21,22,23)/t16-/m1/s1.